The standard InChI is InChI=1S/C28H29BrN6O4/c1-39-23-7-3-15(8-18(23)13-36)22-6-2-16(11-31-22)21-12-32-35-27(30)25(29)26(33-28(21)35)17-9-19-4-5-20(10-17)34(19)24(38)14-37/h2-3,6-8,11-12,17,19-20,36-37H,4-5,9-10,13-14,30H2,1H3/t17?,19-,20+. The summed E-state index contributed by atoms with van der Waals surface area (Å²) in [4.78, 5) is 23.9. The second-order valence-corrected chi connectivity index (χ2v) is 10.9. The first kappa shape index (κ1) is 25.7. The molecule has 0 radical (unpaired) electrons. The number of benzene rings is 1. The summed E-state index contributed by atoms with van der Waals surface area (Å²) in [6.07, 6.45) is 6.96. The molecule has 1 amide bonds. The van der Waals surface area contributed by atoms with Crippen LogP contribution in [-0.2, 0) is 11.4 Å². The Bertz CT molecular complexity index is 1540. The number of carbonyl (C=O) groups is 1. The summed E-state index contributed by atoms with van der Waals surface area (Å²) in [5.41, 5.74) is 12.0. The molecule has 4 aromatic rings. The van der Waals surface area contributed by atoms with E-state index in [2.05, 4.69) is 26.0 Å². The van der Waals surface area contributed by atoms with Crippen molar-refractivity contribution in [3.63, 3.8) is 0 Å². The largest absolute Gasteiger partial charge is 0.496 e. The quantitative estimate of drug-likeness (QED) is 0.309. The third kappa shape index (κ3) is 4.34. The molecule has 10 nitrogen and oxygen atoms in total. The Hall–Kier alpha value is -3.54. The predicted octanol–water partition coefficient (Wildman–Crippen LogP) is 3.53. The Morgan fingerprint density at radius 1 is 1.13 bits per heavy atom. The molecule has 3 aromatic heterocycles. The van der Waals surface area contributed by atoms with Gasteiger partial charge < -0.3 is 25.6 Å². The number of aliphatic hydroxyl groups is 2. The van der Waals surface area contributed by atoms with Gasteiger partial charge >= 0.3 is 0 Å². The van der Waals surface area contributed by atoms with Gasteiger partial charge in [0.15, 0.2) is 5.65 Å². The zero-order chi connectivity index (χ0) is 27.3. The maximum absolute atomic E-state index is 12.3. The zero-order valence-corrected chi connectivity index (χ0v) is 23.0. The van der Waals surface area contributed by atoms with Crippen molar-refractivity contribution in [3.05, 3.63) is 58.5 Å². The smallest absolute Gasteiger partial charge is 0.248 e. The molecule has 0 aliphatic carbocycles. The van der Waals surface area contributed by atoms with Crippen molar-refractivity contribution in [2.75, 3.05) is 19.5 Å². The highest BCUT2D eigenvalue weighted by atomic mass is 79.9. The van der Waals surface area contributed by atoms with Crippen LogP contribution in [-0.4, -0.2) is 66.4 Å². The average molecular weight is 593 g/mol. The molecule has 1 aromatic carbocycles. The molecule has 4 N–H and O–H groups in total. The van der Waals surface area contributed by atoms with Crippen molar-refractivity contribution in [1.29, 1.82) is 0 Å². The van der Waals surface area contributed by atoms with Crippen LogP contribution < -0.4 is 10.5 Å². The molecule has 0 spiro atoms. The lowest BCUT2D eigenvalue weighted by Crippen LogP contribution is -2.47. The molecule has 2 saturated heterocycles. The third-order valence-electron chi connectivity index (χ3n) is 8.01. The highest BCUT2D eigenvalue weighted by Crippen LogP contribution is 2.45. The molecule has 0 saturated carbocycles. The van der Waals surface area contributed by atoms with E-state index in [1.165, 1.54) is 0 Å². The number of methoxy groups -OCH3 is 1. The van der Waals surface area contributed by atoms with E-state index >= 15 is 0 Å². The van der Waals surface area contributed by atoms with Crippen molar-refractivity contribution in [3.8, 4) is 28.1 Å². The number of aliphatic hydroxyl groups excluding tert-OH is 2. The van der Waals surface area contributed by atoms with Crippen LogP contribution in [0.15, 0.2) is 47.2 Å². The van der Waals surface area contributed by atoms with Gasteiger partial charge in [0, 0.05) is 46.5 Å². The van der Waals surface area contributed by atoms with Gasteiger partial charge in [0.05, 0.1) is 35.8 Å². The van der Waals surface area contributed by atoms with Crippen LogP contribution in [0.4, 0.5) is 5.82 Å². The molecular formula is C28H29BrN6O4. The molecule has 5 heterocycles. The van der Waals surface area contributed by atoms with E-state index in [-0.39, 0.29) is 30.5 Å². The molecule has 11 heteroatoms. The first-order chi connectivity index (χ1) is 18.9. The minimum absolute atomic E-state index is 0.102. The number of fused-ring (bicyclic) bond motifs is 3. The first-order valence-electron chi connectivity index (χ1n) is 12.9. The van der Waals surface area contributed by atoms with Crippen LogP contribution in [0, 0.1) is 0 Å². The Morgan fingerprint density at radius 2 is 1.87 bits per heavy atom. The molecule has 2 bridgehead atoms. The number of piperidine rings is 1. The number of nitrogens with zero attached hydrogens (tertiary/aromatic N) is 5. The van der Waals surface area contributed by atoms with Crippen molar-refractivity contribution in [2.24, 2.45) is 0 Å². The Kier molecular flexibility index (Phi) is 6.74. The van der Waals surface area contributed by atoms with Gasteiger partial charge in [-0.25, -0.2) is 4.98 Å². The number of aromatic nitrogens is 4. The van der Waals surface area contributed by atoms with Crippen LogP contribution in [0.5, 0.6) is 5.75 Å². The van der Waals surface area contributed by atoms with E-state index in [4.69, 9.17) is 15.5 Å². The number of rotatable bonds is 6. The molecule has 2 aliphatic rings. The molecule has 202 valence electrons. The topological polar surface area (TPSA) is 139 Å². The minimum Gasteiger partial charge on any atom is -0.496 e. The number of pyridine rings is 1. The fourth-order valence-electron chi connectivity index (χ4n) is 6.16. The molecule has 2 fully saturated rings. The summed E-state index contributed by atoms with van der Waals surface area (Å²) < 4.78 is 7.66. The number of hydrogen-bond acceptors (Lipinski definition) is 8. The summed E-state index contributed by atoms with van der Waals surface area (Å²) in [7, 11) is 1.58. The van der Waals surface area contributed by atoms with Gasteiger partial charge in [0.1, 0.15) is 18.2 Å². The van der Waals surface area contributed by atoms with Gasteiger partial charge in [0.25, 0.3) is 0 Å². The number of halogens is 1. The Morgan fingerprint density at radius 3 is 2.51 bits per heavy atom. The van der Waals surface area contributed by atoms with E-state index in [1.54, 1.807) is 24.0 Å². The van der Waals surface area contributed by atoms with Gasteiger partial charge in [-0.1, -0.05) is 6.07 Å². The average Bonchev–Trinajstić information content (AvgIpc) is 3.52. The highest BCUT2D eigenvalue weighted by Gasteiger charge is 2.44. The fourth-order valence-corrected chi connectivity index (χ4v) is 6.74. The van der Waals surface area contributed by atoms with Crippen molar-refractivity contribution >= 4 is 33.3 Å². The SMILES string of the molecule is COc1ccc(-c2ccc(-c3cnn4c(N)c(Br)c(C5C[C@H]6CC[C@@H](C5)N6C(=O)CO)nc34)cn2)cc1CO. The normalized spacial score (nSPS) is 20.5. The summed E-state index contributed by atoms with van der Waals surface area (Å²) in [6, 6.07) is 9.71. The number of carbonyl (C=O) groups excluding carboxylic acids is 1. The van der Waals surface area contributed by atoms with E-state index in [9.17, 15) is 15.0 Å². The predicted molar refractivity (Wildman–Crippen MR) is 149 cm³/mol. The van der Waals surface area contributed by atoms with Crippen LogP contribution in [0.25, 0.3) is 28.0 Å². The lowest BCUT2D eigenvalue weighted by molar-refractivity contribution is -0.138. The van der Waals surface area contributed by atoms with Gasteiger partial charge in [-0.2, -0.15) is 9.61 Å². The third-order valence-corrected chi connectivity index (χ3v) is 8.82. The number of anilines is 1. The molecule has 39 heavy (non-hydrogen) atoms. The Labute approximate surface area is 233 Å². The number of amides is 1. The number of nitrogen functional groups attached to an aromatic ring is 1. The molecule has 2 aliphatic heterocycles. The van der Waals surface area contributed by atoms with E-state index < -0.39 is 6.61 Å². The van der Waals surface area contributed by atoms with Crippen LogP contribution >= 0.6 is 15.9 Å². The summed E-state index contributed by atoms with van der Waals surface area (Å²) in [6.45, 7) is -0.577. The maximum atomic E-state index is 12.3. The highest BCUT2D eigenvalue weighted by molar-refractivity contribution is 9.10. The molecular weight excluding hydrogens is 564 g/mol. The summed E-state index contributed by atoms with van der Waals surface area (Å²) >= 11 is 3.67. The first-order valence-corrected chi connectivity index (χ1v) is 13.7. The summed E-state index contributed by atoms with van der Waals surface area (Å²) in [5, 5.41) is 23.6. The van der Waals surface area contributed by atoms with Gasteiger partial charge in [-0.3, -0.25) is 9.78 Å². The minimum atomic E-state index is -0.453. The van der Waals surface area contributed by atoms with E-state index in [1.807, 2.05) is 35.2 Å². The fraction of sp³-hybridized carbons (Fsp3) is 0.357. The summed E-state index contributed by atoms with van der Waals surface area (Å²) in [5.74, 6) is 1.04. The Balaban J connectivity index is 1.33. The molecule has 6 rings (SSSR count). The number of hydrogen-bond donors (Lipinski definition) is 3. The van der Waals surface area contributed by atoms with Crippen LogP contribution in [0.1, 0.15) is 42.9 Å². The van der Waals surface area contributed by atoms with Gasteiger partial charge in [-0.15, -0.1) is 0 Å². The molecule has 1 unspecified atom stereocenters. The van der Waals surface area contributed by atoms with Crippen LogP contribution in [0.3, 0.4) is 0 Å². The van der Waals surface area contributed by atoms with Gasteiger partial charge in [-0.05, 0) is 65.9 Å². The lowest BCUT2D eigenvalue weighted by Gasteiger charge is -2.38. The zero-order valence-electron chi connectivity index (χ0n) is 21.4. The lowest BCUT2D eigenvalue weighted by atomic mass is 9.87. The van der Waals surface area contributed by atoms with Crippen LogP contribution in [0.2, 0.25) is 0 Å². The van der Waals surface area contributed by atoms with Crippen molar-refractivity contribution in [2.45, 2.75) is 50.3 Å². The van der Waals surface area contributed by atoms with Gasteiger partial charge in [0.2, 0.25) is 5.91 Å². The van der Waals surface area contributed by atoms with E-state index in [0.717, 1.165) is 58.2 Å². The monoisotopic (exact) mass is 592 g/mol. The van der Waals surface area contributed by atoms with Crippen molar-refractivity contribution < 1.29 is 19.7 Å². The number of ether oxygens (including phenoxy) is 1. The van der Waals surface area contributed by atoms with Crippen molar-refractivity contribution in [1.82, 2.24) is 24.5 Å². The van der Waals surface area contributed by atoms with E-state index in [0.29, 0.717) is 22.8 Å². The second-order valence-electron chi connectivity index (χ2n) is 10.1. The second kappa shape index (κ2) is 10.2. The number of nitrogens with two attached hydrogens (primary N) is 1. The molecule has 3 atom stereocenters. The maximum Gasteiger partial charge on any atom is 0.248 e.